The maximum Gasteiger partial charge on any atom is 0.220 e. The molecule has 0 bridgehead atoms. The number of nitrogens with zero attached hydrogens (tertiary/aromatic N) is 1. The molecule has 1 amide bonds. The van der Waals surface area contributed by atoms with Gasteiger partial charge in [-0.2, -0.15) is 0 Å². The fourth-order valence-corrected chi connectivity index (χ4v) is 2.93. The molecule has 1 N–H and O–H groups in total. The van der Waals surface area contributed by atoms with E-state index in [4.69, 9.17) is 16.3 Å². The molecular weight excluding hydrogens is 312 g/mol. The van der Waals surface area contributed by atoms with Crippen LogP contribution in [0.25, 0.3) is 0 Å². The third kappa shape index (κ3) is 4.23. The minimum Gasteiger partial charge on any atom is -0.493 e. The highest BCUT2D eigenvalue weighted by atomic mass is 35.5. The van der Waals surface area contributed by atoms with Gasteiger partial charge in [0, 0.05) is 29.4 Å². The van der Waals surface area contributed by atoms with Crippen LogP contribution in [0.4, 0.5) is 0 Å². The summed E-state index contributed by atoms with van der Waals surface area (Å²) in [5, 5.41) is 3.77. The molecule has 4 nitrogen and oxygen atoms in total. The smallest absolute Gasteiger partial charge is 0.220 e. The maximum atomic E-state index is 12.3. The number of hydrogen-bond donors (Lipinski definition) is 1. The molecule has 1 aromatic carbocycles. The van der Waals surface area contributed by atoms with Crippen molar-refractivity contribution in [2.24, 2.45) is 0 Å². The number of benzene rings is 1. The average Bonchev–Trinajstić information content (AvgIpc) is 2.76. The van der Waals surface area contributed by atoms with Crippen LogP contribution in [0.1, 0.15) is 36.4 Å². The van der Waals surface area contributed by atoms with E-state index in [1.54, 1.807) is 12.4 Å². The number of halogens is 1. The van der Waals surface area contributed by atoms with Gasteiger partial charge < -0.3 is 10.1 Å². The predicted molar refractivity (Wildman–Crippen MR) is 89.6 cm³/mol. The number of hydrogen-bond acceptors (Lipinski definition) is 3. The Morgan fingerprint density at radius 2 is 2.13 bits per heavy atom. The Morgan fingerprint density at radius 1 is 1.30 bits per heavy atom. The number of fused-ring (bicyclic) bond motifs is 1. The molecule has 2 heterocycles. The number of amides is 1. The Kier molecular flexibility index (Phi) is 5.13. The first kappa shape index (κ1) is 15.8. The predicted octanol–water partition coefficient (Wildman–Crippen LogP) is 3.70. The fraction of sp³-hybridized carbons (Fsp3) is 0.333. The van der Waals surface area contributed by atoms with Gasteiger partial charge in [0.25, 0.3) is 0 Å². The van der Waals surface area contributed by atoms with Gasteiger partial charge in [0.05, 0.1) is 12.6 Å². The van der Waals surface area contributed by atoms with E-state index < -0.39 is 0 Å². The van der Waals surface area contributed by atoms with Crippen molar-refractivity contribution >= 4 is 17.5 Å². The molecule has 0 unspecified atom stereocenters. The summed E-state index contributed by atoms with van der Waals surface area (Å²) in [7, 11) is 0. The SMILES string of the molecule is O=C(CCc1ccncc1)N[C@@H]1CCCOc2cc(Cl)ccc21. The third-order valence-electron chi connectivity index (χ3n) is 3.97. The monoisotopic (exact) mass is 330 g/mol. The van der Waals surface area contributed by atoms with Gasteiger partial charge in [-0.15, -0.1) is 0 Å². The summed E-state index contributed by atoms with van der Waals surface area (Å²) in [6, 6.07) is 9.45. The minimum atomic E-state index is -0.0188. The van der Waals surface area contributed by atoms with E-state index in [0.717, 1.165) is 29.7 Å². The maximum absolute atomic E-state index is 12.3. The van der Waals surface area contributed by atoms with Crippen molar-refractivity contribution in [3.8, 4) is 5.75 Å². The number of nitrogens with one attached hydrogen (secondary N) is 1. The summed E-state index contributed by atoms with van der Waals surface area (Å²) in [4.78, 5) is 16.3. The van der Waals surface area contributed by atoms with Crippen molar-refractivity contribution in [3.05, 3.63) is 58.9 Å². The van der Waals surface area contributed by atoms with Crippen LogP contribution in [-0.2, 0) is 11.2 Å². The molecule has 120 valence electrons. The molecule has 5 heteroatoms. The number of ether oxygens (including phenoxy) is 1. The van der Waals surface area contributed by atoms with Gasteiger partial charge in [-0.1, -0.05) is 17.7 Å². The van der Waals surface area contributed by atoms with Crippen LogP contribution in [0.5, 0.6) is 5.75 Å². The largest absolute Gasteiger partial charge is 0.493 e. The van der Waals surface area contributed by atoms with Crippen molar-refractivity contribution in [1.82, 2.24) is 10.3 Å². The topological polar surface area (TPSA) is 51.2 Å². The molecule has 0 saturated heterocycles. The lowest BCUT2D eigenvalue weighted by Crippen LogP contribution is -2.28. The van der Waals surface area contributed by atoms with Crippen molar-refractivity contribution < 1.29 is 9.53 Å². The highest BCUT2D eigenvalue weighted by Gasteiger charge is 2.21. The van der Waals surface area contributed by atoms with E-state index in [9.17, 15) is 4.79 Å². The van der Waals surface area contributed by atoms with E-state index >= 15 is 0 Å². The van der Waals surface area contributed by atoms with Gasteiger partial charge in [-0.05, 0) is 49.1 Å². The molecule has 0 spiro atoms. The van der Waals surface area contributed by atoms with Crippen LogP contribution >= 0.6 is 11.6 Å². The summed E-state index contributed by atoms with van der Waals surface area (Å²) in [6.07, 6.45) is 6.44. The van der Waals surface area contributed by atoms with Crippen molar-refractivity contribution in [2.45, 2.75) is 31.7 Å². The van der Waals surface area contributed by atoms with Crippen LogP contribution in [0.3, 0.4) is 0 Å². The third-order valence-corrected chi connectivity index (χ3v) is 4.21. The molecule has 1 aromatic heterocycles. The lowest BCUT2D eigenvalue weighted by Gasteiger charge is -2.18. The van der Waals surface area contributed by atoms with Crippen LogP contribution < -0.4 is 10.1 Å². The molecule has 0 saturated carbocycles. The van der Waals surface area contributed by atoms with Crippen LogP contribution in [0, 0.1) is 0 Å². The van der Waals surface area contributed by atoms with E-state index in [1.165, 1.54) is 0 Å². The first-order valence-corrected chi connectivity index (χ1v) is 8.21. The average molecular weight is 331 g/mol. The molecule has 3 rings (SSSR count). The Hall–Kier alpha value is -2.07. The molecule has 0 aliphatic carbocycles. The summed E-state index contributed by atoms with van der Waals surface area (Å²) >= 11 is 6.03. The number of carbonyl (C=O) groups excluding carboxylic acids is 1. The van der Waals surface area contributed by atoms with E-state index in [1.807, 2.05) is 30.3 Å². The van der Waals surface area contributed by atoms with E-state index in [-0.39, 0.29) is 11.9 Å². The van der Waals surface area contributed by atoms with Crippen LogP contribution in [-0.4, -0.2) is 17.5 Å². The summed E-state index contributed by atoms with van der Waals surface area (Å²) in [5.74, 6) is 0.823. The van der Waals surface area contributed by atoms with Gasteiger partial charge in [0.2, 0.25) is 5.91 Å². The summed E-state index contributed by atoms with van der Waals surface area (Å²) < 4.78 is 5.73. The van der Waals surface area contributed by atoms with Crippen LogP contribution in [0.15, 0.2) is 42.7 Å². The second-order valence-corrected chi connectivity index (χ2v) is 6.08. The Bertz CT molecular complexity index is 676. The van der Waals surface area contributed by atoms with Gasteiger partial charge in [0.15, 0.2) is 0 Å². The zero-order valence-electron chi connectivity index (χ0n) is 12.8. The standard InChI is InChI=1S/C18H19ClN2O2/c19-14-4-5-15-16(2-1-11-23-17(15)12-14)21-18(22)6-3-13-7-9-20-10-8-13/h4-5,7-10,12,16H,1-3,6,11H2,(H,21,22)/t16-/m1/s1. The molecule has 0 fully saturated rings. The lowest BCUT2D eigenvalue weighted by molar-refractivity contribution is -0.121. The highest BCUT2D eigenvalue weighted by Crippen LogP contribution is 2.33. The van der Waals surface area contributed by atoms with Crippen LogP contribution in [0.2, 0.25) is 5.02 Å². The number of aryl methyl sites for hydroxylation is 1. The minimum absolute atomic E-state index is 0.0188. The molecule has 23 heavy (non-hydrogen) atoms. The molecule has 2 aromatic rings. The van der Waals surface area contributed by atoms with Gasteiger partial charge in [-0.25, -0.2) is 0 Å². The molecular formula is C18H19ClN2O2. The fourth-order valence-electron chi connectivity index (χ4n) is 2.77. The number of pyridine rings is 1. The van der Waals surface area contributed by atoms with E-state index in [0.29, 0.717) is 24.5 Å². The molecule has 0 radical (unpaired) electrons. The van der Waals surface area contributed by atoms with Gasteiger partial charge in [-0.3, -0.25) is 9.78 Å². The Balaban J connectivity index is 1.64. The first-order valence-electron chi connectivity index (χ1n) is 7.83. The first-order chi connectivity index (χ1) is 11.2. The number of rotatable bonds is 4. The molecule has 1 aliphatic rings. The van der Waals surface area contributed by atoms with Crippen molar-refractivity contribution in [3.63, 3.8) is 0 Å². The van der Waals surface area contributed by atoms with Crippen molar-refractivity contribution in [2.75, 3.05) is 6.61 Å². The second-order valence-electron chi connectivity index (χ2n) is 5.65. The number of aromatic nitrogens is 1. The highest BCUT2D eigenvalue weighted by molar-refractivity contribution is 6.30. The zero-order chi connectivity index (χ0) is 16.1. The second kappa shape index (κ2) is 7.47. The molecule has 1 aliphatic heterocycles. The summed E-state index contributed by atoms with van der Waals surface area (Å²) in [5.41, 5.74) is 2.12. The van der Waals surface area contributed by atoms with Crippen molar-refractivity contribution in [1.29, 1.82) is 0 Å². The Morgan fingerprint density at radius 3 is 2.96 bits per heavy atom. The Labute approximate surface area is 140 Å². The van der Waals surface area contributed by atoms with Gasteiger partial charge >= 0.3 is 0 Å². The number of carbonyl (C=O) groups is 1. The quantitative estimate of drug-likeness (QED) is 0.930. The zero-order valence-corrected chi connectivity index (χ0v) is 13.6. The lowest BCUT2D eigenvalue weighted by atomic mass is 10.0. The summed E-state index contributed by atoms with van der Waals surface area (Å²) in [6.45, 7) is 0.650. The van der Waals surface area contributed by atoms with E-state index in [2.05, 4.69) is 10.3 Å². The molecule has 1 atom stereocenters. The normalized spacial score (nSPS) is 16.8. The van der Waals surface area contributed by atoms with Gasteiger partial charge in [0.1, 0.15) is 5.75 Å².